The van der Waals surface area contributed by atoms with Gasteiger partial charge in [0.25, 0.3) is 0 Å². The van der Waals surface area contributed by atoms with Gasteiger partial charge in [0, 0.05) is 6.42 Å². The van der Waals surface area contributed by atoms with Gasteiger partial charge in [-0.2, -0.15) is 0 Å². The largest absolute Gasteiger partial charge is 0.481 e. The van der Waals surface area contributed by atoms with Gasteiger partial charge in [-0.1, -0.05) is 76.9 Å². The summed E-state index contributed by atoms with van der Waals surface area (Å²) in [6, 6.07) is 0. The Kier molecular flexibility index (Phi) is 17.8. The number of hydrogen-bond acceptors (Lipinski definition) is 3. The quantitative estimate of drug-likeness (QED) is 0.189. The zero-order chi connectivity index (χ0) is 17.9. The Labute approximate surface area is 148 Å². The molecule has 0 heterocycles. The summed E-state index contributed by atoms with van der Waals surface area (Å²) in [4.78, 5) is 15.4. The minimum atomic E-state index is -0.676. The average molecular weight is 342 g/mol. The van der Waals surface area contributed by atoms with E-state index in [9.17, 15) is 4.79 Å². The van der Waals surface area contributed by atoms with Crippen LogP contribution in [0.5, 0.6) is 0 Å². The molecule has 0 bridgehead atoms. The molecule has 3 N–H and O–H groups in total. The van der Waals surface area contributed by atoms with Gasteiger partial charge in [-0.05, 0) is 32.1 Å². The monoisotopic (exact) mass is 341 g/mol. The predicted octanol–water partition coefficient (Wildman–Crippen LogP) is 5.76. The number of rotatable bonds is 18. The molecular formula is C20H39NO3. The van der Waals surface area contributed by atoms with Gasteiger partial charge in [0.2, 0.25) is 0 Å². The molecule has 0 aromatic heterocycles. The van der Waals surface area contributed by atoms with Crippen LogP contribution in [0.3, 0.4) is 0 Å². The van der Waals surface area contributed by atoms with E-state index in [1.807, 2.05) is 0 Å². The van der Waals surface area contributed by atoms with E-state index < -0.39 is 5.97 Å². The maximum Gasteiger partial charge on any atom is 0.303 e. The molecular weight excluding hydrogens is 302 g/mol. The maximum absolute atomic E-state index is 10.4. The van der Waals surface area contributed by atoms with Crippen molar-refractivity contribution in [2.45, 2.75) is 109 Å². The van der Waals surface area contributed by atoms with E-state index in [2.05, 4.69) is 19.1 Å². The number of nitrogens with two attached hydrogens (primary N) is 1. The molecule has 1 unspecified atom stereocenters. The van der Waals surface area contributed by atoms with Crippen molar-refractivity contribution < 1.29 is 14.7 Å². The van der Waals surface area contributed by atoms with Crippen LogP contribution in [-0.2, 0) is 9.63 Å². The number of carboxylic acids is 1. The first kappa shape index (κ1) is 23.1. The van der Waals surface area contributed by atoms with Crippen molar-refractivity contribution in [2.24, 2.45) is 5.90 Å². The number of unbranched alkanes of at least 4 members (excludes halogenated alkanes) is 10. The van der Waals surface area contributed by atoms with Crippen LogP contribution in [0, 0.1) is 0 Å². The van der Waals surface area contributed by atoms with Crippen LogP contribution in [0.2, 0.25) is 0 Å². The van der Waals surface area contributed by atoms with Crippen LogP contribution in [-0.4, -0.2) is 17.2 Å². The highest BCUT2D eigenvalue weighted by Crippen LogP contribution is 2.12. The van der Waals surface area contributed by atoms with Crippen molar-refractivity contribution in [3.05, 3.63) is 12.2 Å². The van der Waals surface area contributed by atoms with E-state index in [1.54, 1.807) is 0 Å². The van der Waals surface area contributed by atoms with Crippen molar-refractivity contribution in [3.8, 4) is 0 Å². The second-order valence-corrected chi connectivity index (χ2v) is 6.72. The number of aliphatic carboxylic acids is 1. The lowest BCUT2D eigenvalue weighted by atomic mass is 10.1. The fourth-order valence-electron chi connectivity index (χ4n) is 2.83. The van der Waals surface area contributed by atoms with E-state index >= 15 is 0 Å². The van der Waals surface area contributed by atoms with Gasteiger partial charge in [-0.25, -0.2) is 5.90 Å². The van der Waals surface area contributed by atoms with Gasteiger partial charge in [-0.15, -0.1) is 0 Å². The first-order valence-electron chi connectivity index (χ1n) is 9.93. The lowest BCUT2D eigenvalue weighted by molar-refractivity contribution is -0.137. The zero-order valence-electron chi connectivity index (χ0n) is 15.7. The molecule has 1 atom stereocenters. The normalized spacial score (nSPS) is 12.8. The van der Waals surface area contributed by atoms with Crippen LogP contribution in [0.25, 0.3) is 0 Å². The Morgan fingerprint density at radius 3 is 2.21 bits per heavy atom. The van der Waals surface area contributed by atoms with Crippen molar-refractivity contribution in [1.29, 1.82) is 0 Å². The molecule has 142 valence electrons. The number of hydrogen-bond donors (Lipinski definition) is 2. The molecule has 0 aromatic rings. The SMILES string of the molecule is CCCCCCC(C/C=C/CCCCCCCCCC(=O)O)ON. The van der Waals surface area contributed by atoms with Crippen molar-refractivity contribution in [3.63, 3.8) is 0 Å². The average Bonchev–Trinajstić information content (AvgIpc) is 2.57. The Hall–Kier alpha value is -0.870. The summed E-state index contributed by atoms with van der Waals surface area (Å²) in [5, 5.41) is 8.55. The molecule has 0 aliphatic heterocycles. The van der Waals surface area contributed by atoms with E-state index in [0.29, 0.717) is 6.42 Å². The highest BCUT2D eigenvalue weighted by atomic mass is 16.6. The van der Waals surface area contributed by atoms with Gasteiger partial charge in [0.15, 0.2) is 0 Å². The fourth-order valence-corrected chi connectivity index (χ4v) is 2.83. The molecule has 0 rings (SSSR count). The molecule has 0 radical (unpaired) electrons. The molecule has 0 saturated carbocycles. The van der Waals surface area contributed by atoms with Crippen molar-refractivity contribution >= 4 is 5.97 Å². The van der Waals surface area contributed by atoms with Gasteiger partial charge < -0.3 is 9.94 Å². The molecule has 4 nitrogen and oxygen atoms in total. The molecule has 0 fully saturated rings. The zero-order valence-corrected chi connectivity index (χ0v) is 15.7. The van der Waals surface area contributed by atoms with Gasteiger partial charge in [-0.3, -0.25) is 4.79 Å². The highest BCUT2D eigenvalue weighted by Gasteiger charge is 2.05. The Bertz CT molecular complexity index is 305. The lowest BCUT2D eigenvalue weighted by Gasteiger charge is -2.11. The van der Waals surface area contributed by atoms with Crippen LogP contribution in [0.4, 0.5) is 0 Å². The van der Waals surface area contributed by atoms with Crippen molar-refractivity contribution in [1.82, 2.24) is 0 Å². The first-order valence-corrected chi connectivity index (χ1v) is 9.93. The number of carboxylic acid groups (broad SMARTS) is 1. The molecule has 0 aliphatic carbocycles. The maximum atomic E-state index is 10.4. The Morgan fingerprint density at radius 2 is 1.58 bits per heavy atom. The predicted molar refractivity (Wildman–Crippen MR) is 101 cm³/mol. The third-order valence-electron chi connectivity index (χ3n) is 4.40. The second-order valence-electron chi connectivity index (χ2n) is 6.72. The molecule has 0 aromatic carbocycles. The van der Waals surface area contributed by atoms with Gasteiger partial charge in [0.05, 0.1) is 6.10 Å². The summed E-state index contributed by atoms with van der Waals surface area (Å²) in [5.41, 5.74) is 0. The van der Waals surface area contributed by atoms with E-state index in [-0.39, 0.29) is 6.10 Å². The molecule has 0 aliphatic rings. The minimum Gasteiger partial charge on any atom is -0.481 e. The summed E-state index contributed by atoms with van der Waals surface area (Å²) in [5.74, 6) is 4.69. The molecule has 24 heavy (non-hydrogen) atoms. The van der Waals surface area contributed by atoms with Crippen LogP contribution >= 0.6 is 0 Å². The molecule has 0 spiro atoms. The third-order valence-corrected chi connectivity index (χ3v) is 4.40. The number of allylic oxidation sites excluding steroid dienone is 1. The summed E-state index contributed by atoms with van der Waals surface area (Å²) in [7, 11) is 0. The first-order chi connectivity index (χ1) is 11.7. The minimum absolute atomic E-state index is 0.170. The standard InChI is InChI=1S/C20H39NO3/c1-2-3-4-13-16-19(24-21)17-14-11-9-7-5-6-8-10-12-15-18-20(22)23/h11,14,19H,2-10,12-13,15-18,21H2,1H3,(H,22,23)/b14-11+. The summed E-state index contributed by atoms with van der Waals surface area (Å²) in [6.07, 6.45) is 21.1. The number of carbonyl (C=O) groups is 1. The van der Waals surface area contributed by atoms with Gasteiger partial charge in [0.1, 0.15) is 0 Å². The molecule has 0 saturated heterocycles. The third kappa shape index (κ3) is 17.5. The topological polar surface area (TPSA) is 72.5 Å². The molecule has 0 amide bonds. The van der Waals surface area contributed by atoms with E-state index in [1.165, 1.54) is 51.4 Å². The summed E-state index contributed by atoms with van der Waals surface area (Å²) >= 11 is 0. The lowest BCUT2D eigenvalue weighted by Crippen LogP contribution is -2.16. The summed E-state index contributed by atoms with van der Waals surface area (Å²) in [6.45, 7) is 2.22. The fraction of sp³-hybridized carbons (Fsp3) is 0.850. The van der Waals surface area contributed by atoms with Crippen LogP contribution in [0.15, 0.2) is 12.2 Å². The summed E-state index contributed by atoms with van der Waals surface area (Å²) < 4.78 is 0. The second kappa shape index (κ2) is 18.5. The smallest absolute Gasteiger partial charge is 0.303 e. The highest BCUT2D eigenvalue weighted by molar-refractivity contribution is 5.66. The van der Waals surface area contributed by atoms with Crippen LogP contribution < -0.4 is 5.90 Å². The van der Waals surface area contributed by atoms with E-state index in [4.69, 9.17) is 15.8 Å². The van der Waals surface area contributed by atoms with E-state index in [0.717, 1.165) is 38.5 Å². The van der Waals surface area contributed by atoms with Crippen molar-refractivity contribution in [2.75, 3.05) is 0 Å². The Balaban J connectivity index is 3.36. The molecule has 4 heteroatoms. The Morgan fingerprint density at radius 1 is 0.958 bits per heavy atom. The van der Waals surface area contributed by atoms with Crippen LogP contribution in [0.1, 0.15) is 103 Å². The van der Waals surface area contributed by atoms with Gasteiger partial charge >= 0.3 is 5.97 Å².